The second-order valence-electron chi connectivity index (χ2n) is 10.7. The van der Waals surface area contributed by atoms with E-state index in [0.29, 0.717) is 0 Å². The van der Waals surface area contributed by atoms with E-state index in [9.17, 15) is 22.4 Å². The van der Waals surface area contributed by atoms with Crippen molar-refractivity contribution in [3.05, 3.63) is 101 Å². The highest BCUT2D eigenvalue weighted by Crippen LogP contribution is 2.23. The van der Waals surface area contributed by atoms with Gasteiger partial charge in [-0.15, -0.1) is 0 Å². The molecule has 7 nitrogen and oxygen atoms in total. The summed E-state index contributed by atoms with van der Waals surface area (Å²) in [5.74, 6) is -1.77. The summed E-state index contributed by atoms with van der Waals surface area (Å²) >= 11 is 0. The molecule has 3 aromatic rings. The molecule has 0 bridgehead atoms. The molecule has 1 N–H and O–H groups in total. The molecule has 208 valence electrons. The number of amides is 2. The van der Waals surface area contributed by atoms with E-state index in [1.165, 1.54) is 23.1 Å². The first kappa shape index (κ1) is 29.8. The van der Waals surface area contributed by atoms with Gasteiger partial charge < -0.3 is 10.2 Å². The molecule has 0 aliphatic carbocycles. The number of hydrogen-bond acceptors (Lipinski definition) is 4. The fourth-order valence-electron chi connectivity index (χ4n) is 4.26. The molecule has 0 spiro atoms. The van der Waals surface area contributed by atoms with Crippen molar-refractivity contribution in [3.8, 4) is 0 Å². The maximum Gasteiger partial charge on any atom is 0.244 e. The van der Waals surface area contributed by atoms with Gasteiger partial charge in [-0.25, -0.2) is 12.8 Å². The standard InChI is InChI=1S/C30H36FN3O4S/c1-22-12-11-15-24(18-22)20-33(27(29(36)32-30(2,3)4)19-23-13-7-6-8-14-23)28(35)21-34(39(5,37)38)26-17-10-9-16-25(26)31/h6-18,27H,19-21H2,1-5H3,(H,32,36)/t27-/m1/s1. The van der Waals surface area contributed by atoms with Crippen LogP contribution in [-0.2, 0) is 32.6 Å². The van der Waals surface area contributed by atoms with Crippen LogP contribution in [0.5, 0.6) is 0 Å². The van der Waals surface area contributed by atoms with Crippen LogP contribution in [0.1, 0.15) is 37.5 Å². The number of halogens is 1. The zero-order valence-corrected chi connectivity index (χ0v) is 23.8. The van der Waals surface area contributed by atoms with Gasteiger partial charge in [-0.05, 0) is 51.0 Å². The summed E-state index contributed by atoms with van der Waals surface area (Å²) in [6, 6.07) is 21.3. The first-order chi connectivity index (χ1) is 18.2. The number of rotatable bonds is 10. The van der Waals surface area contributed by atoms with Gasteiger partial charge in [0, 0.05) is 18.5 Å². The van der Waals surface area contributed by atoms with Crippen LogP contribution in [-0.4, -0.2) is 49.5 Å². The van der Waals surface area contributed by atoms with Crippen LogP contribution < -0.4 is 9.62 Å². The van der Waals surface area contributed by atoms with E-state index in [4.69, 9.17) is 0 Å². The Balaban J connectivity index is 2.09. The van der Waals surface area contributed by atoms with E-state index in [-0.39, 0.29) is 24.6 Å². The molecule has 0 aromatic heterocycles. The normalized spacial score (nSPS) is 12.5. The van der Waals surface area contributed by atoms with Crippen molar-refractivity contribution < 1.29 is 22.4 Å². The monoisotopic (exact) mass is 553 g/mol. The number of aryl methyl sites for hydroxylation is 1. The first-order valence-corrected chi connectivity index (χ1v) is 14.5. The minimum absolute atomic E-state index is 0.0600. The quantitative estimate of drug-likeness (QED) is 0.402. The SMILES string of the molecule is Cc1cccc(CN(C(=O)CN(c2ccccc2F)S(C)(=O)=O)[C@H](Cc2ccccc2)C(=O)NC(C)(C)C)c1. The molecule has 2 amide bonds. The second kappa shape index (κ2) is 12.4. The summed E-state index contributed by atoms with van der Waals surface area (Å²) in [7, 11) is -4.04. The Labute approximate surface area is 230 Å². The molecular formula is C30H36FN3O4S. The van der Waals surface area contributed by atoms with Crippen molar-refractivity contribution in [2.24, 2.45) is 0 Å². The Hall–Kier alpha value is -3.72. The summed E-state index contributed by atoms with van der Waals surface area (Å²) in [6.45, 7) is 6.86. The largest absolute Gasteiger partial charge is 0.350 e. The van der Waals surface area contributed by atoms with Crippen LogP contribution in [0.2, 0.25) is 0 Å². The van der Waals surface area contributed by atoms with E-state index in [1.54, 1.807) is 0 Å². The lowest BCUT2D eigenvalue weighted by Gasteiger charge is -2.35. The predicted molar refractivity (Wildman–Crippen MR) is 152 cm³/mol. The number of sulfonamides is 1. The lowest BCUT2D eigenvalue weighted by atomic mass is 10.0. The molecule has 0 fully saturated rings. The molecule has 0 aliphatic heterocycles. The Morgan fingerprint density at radius 1 is 0.923 bits per heavy atom. The van der Waals surface area contributed by atoms with Gasteiger partial charge in [-0.2, -0.15) is 0 Å². The minimum Gasteiger partial charge on any atom is -0.350 e. The van der Waals surface area contributed by atoms with Gasteiger partial charge >= 0.3 is 0 Å². The highest BCUT2D eigenvalue weighted by Gasteiger charge is 2.34. The molecule has 0 saturated heterocycles. The Bertz CT molecular complexity index is 1400. The number of carbonyl (C=O) groups excluding carboxylic acids is 2. The average Bonchev–Trinajstić information content (AvgIpc) is 2.84. The lowest BCUT2D eigenvalue weighted by Crippen LogP contribution is -2.56. The Morgan fingerprint density at radius 3 is 2.13 bits per heavy atom. The number of para-hydroxylation sites is 1. The molecule has 3 rings (SSSR count). The molecule has 39 heavy (non-hydrogen) atoms. The summed E-state index contributed by atoms with van der Waals surface area (Å²) in [6.07, 6.45) is 1.13. The van der Waals surface area contributed by atoms with Gasteiger partial charge in [-0.3, -0.25) is 13.9 Å². The Kier molecular flexibility index (Phi) is 9.50. The van der Waals surface area contributed by atoms with Crippen LogP contribution in [0, 0.1) is 12.7 Å². The summed E-state index contributed by atoms with van der Waals surface area (Å²) in [5.41, 5.74) is 1.78. The lowest BCUT2D eigenvalue weighted by molar-refractivity contribution is -0.140. The fraction of sp³-hybridized carbons (Fsp3) is 0.333. The number of nitrogens with zero attached hydrogens (tertiary/aromatic N) is 2. The van der Waals surface area contributed by atoms with Crippen LogP contribution in [0.4, 0.5) is 10.1 Å². The van der Waals surface area contributed by atoms with E-state index >= 15 is 0 Å². The third-order valence-electron chi connectivity index (χ3n) is 6.01. The maximum atomic E-state index is 14.7. The molecular weight excluding hydrogens is 517 g/mol. The topological polar surface area (TPSA) is 86.8 Å². The van der Waals surface area contributed by atoms with Crippen molar-refractivity contribution in [1.29, 1.82) is 0 Å². The van der Waals surface area contributed by atoms with Gasteiger partial charge in [0.05, 0.1) is 11.9 Å². The van der Waals surface area contributed by atoms with Crippen molar-refractivity contribution in [3.63, 3.8) is 0 Å². The highest BCUT2D eigenvalue weighted by atomic mass is 32.2. The predicted octanol–water partition coefficient (Wildman–Crippen LogP) is 4.45. The van der Waals surface area contributed by atoms with Crippen molar-refractivity contribution in [1.82, 2.24) is 10.2 Å². The number of benzene rings is 3. The van der Waals surface area contributed by atoms with E-state index in [2.05, 4.69) is 5.32 Å². The molecule has 0 heterocycles. The highest BCUT2D eigenvalue weighted by molar-refractivity contribution is 7.92. The molecule has 0 aliphatic rings. The number of carbonyl (C=O) groups is 2. The Morgan fingerprint density at radius 2 is 1.54 bits per heavy atom. The van der Waals surface area contributed by atoms with Gasteiger partial charge in [-0.1, -0.05) is 72.3 Å². The van der Waals surface area contributed by atoms with Crippen LogP contribution in [0.15, 0.2) is 78.9 Å². The minimum atomic E-state index is -4.04. The average molecular weight is 554 g/mol. The van der Waals surface area contributed by atoms with E-state index in [1.807, 2.05) is 82.3 Å². The number of nitrogens with one attached hydrogen (secondary N) is 1. The third-order valence-corrected chi connectivity index (χ3v) is 7.13. The van der Waals surface area contributed by atoms with Crippen molar-refractivity contribution in [2.45, 2.75) is 52.2 Å². The number of hydrogen-bond donors (Lipinski definition) is 1. The zero-order chi connectivity index (χ0) is 28.8. The zero-order valence-electron chi connectivity index (χ0n) is 23.0. The van der Waals surface area contributed by atoms with Crippen LogP contribution >= 0.6 is 0 Å². The summed E-state index contributed by atoms with van der Waals surface area (Å²) < 4.78 is 40.9. The molecule has 1 atom stereocenters. The fourth-order valence-corrected chi connectivity index (χ4v) is 5.11. The molecule has 0 unspecified atom stereocenters. The third kappa shape index (κ3) is 8.64. The van der Waals surface area contributed by atoms with Crippen molar-refractivity contribution >= 4 is 27.5 Å². The maximum absolute atomic E-state index is 14.7. The smallest absolute Gasteiger partial charge is 0.244 e. The number of anilines is 1. The van der Waals surface area contributed by atoms with E-state index < -0.39 is 39.9 Å². The summed E-state index contributed by atoms with van der Waals surface area (Å²) in [5, 5.41) is 2.97. The van der Waals surface area contributed by atoms with Gasteiger partial charge in [0.15, 0.2) is 0 Å². The van der Waals surface area contributed by atoms with Gasteiger partial charge in [0.2, 0.25) is 21.8 Å². The first-order valence-electron chi connectivity index (χ1n) is 12.7. The van der Waals surface area contributed by atoms with Crippen LogP contribution in [0.25, 0.3) is 0 Å². The van der Waals surface area contributed by atoms with Crippen LogP contribution in [0.3, 0.4) is 0 Å². The van der Waals surface area contributed by atoms with Gasteiger partial charge in [0.25, 0.3) is 0 Å². The van der Waals surface area contributed by atoms with E-state index in [0.717, 1.165) is 33.3 Å². The summed E-state index contributed by atoms with van der Waals surface area (Å²) in [4.78, 5) is 29.1. The molecule has 0 saturated carbocycles. The molecule has 0 radical (unpaired) electrons. The molecule has 9 heteroatoms. The van der Waals surface area contributed by atoms with Crippen molar-refractivity contribution in [2.75, 3.05) is 17.1 Å². The second-order valence-corrected chi connectivity index (χ2v) is 12.6. The molecule has 3 aromatic carbocycles. The van der Waals surface area contributed by atoms with Gasteiger partial charge in [0.1, 0.15) is 18.4 Å².